The summed E-state index contributed by atoms with van der Waals surface area (Å²) < 4.78 is 33.6. The second-order valence-corrected chi connectivity index (χ2v) is 5.67. The van der Waals surface area contributed by atoms with E-state index in [1.54, 1.807) is 0 Å². The molecule has 0 spiro atoms. The summed E-state index contributed by atoms with van der Waals surface area (Å²) in [7, 11) is 0. The number of nitrogens with one attached hydrogen (secondary N) is 1. The lowest BCUT2D eigenvalue weighted by molar-refractivity contribution is -0.123. The van der Waals surface area contributed by atoms with Crippen molar-refractivity contribution in [1.29, 1.82) is 0 Å². The second-order valence-electron chi connectivity index (χ2n) is 4.90. The molecule has 0 saturated carbocycles. The van der Waals surface area contributed by atoms with Crippen LogP contribution < -0.4 is 10.1 Å². The Labute approximate surface area is 157 Å². The Bertz CT molecular complexity index is 821. The van der Waals surface area contributed by atoms with Crippen molar-refractivity contribution in [3.05, 3.63) is 52.3 Å². The van der Waals surface area contributed by atoms with E-state index in [4.69, 9.17) is 27.9 Å². The number of rotatable bonds is 6. The van der Waals surface area contributed by atoms with Crippen molar-refractivity contribution < 1.29 is 27.8 Å². The lowest BCUT2D eigenvalue weighted by atomic mass is 10.2. The SMILES string of the molecule is CC(OC(=O)c1cccnc1Cl)C(=O)Nc1ccc(OC(F)F)c(Cl)c1. The van der Waals surface area contributed by atoms with E-state index in [0.717, 1.165) is 0 Å². The van der Waals surface area contributed by atoms with Crippen LogP contribution in [0.4, 0.5) is 14.5 Å². The molecule has 138 valence electrons. The van der Waals surface area contributed by atoms with Crippen LogP contribution in [0.5, 0.6) is 5.75 Å². The van der Waals surface area contributed by atoms with Gasteiger partial charge in [0.25, 0.3) is 5.91 Å². The molecule has 1 aromatic carbocycles. The molecule has 0 aliphatic heterocycles. The van der Waals surface area contributed by atoms with Gasteiger partial charge in [-0.3, -0.25) is 4.79 Å². The summed E-state index contributed by atoms with van der Waals surface area (Å²) in [6.45, 7) is -1.67. The number of nitrogens with zero attached hydrogens (tertiary/aromatic N) is 1. The van der Waals surface area contributed by atoms with Crippen LogP contribution in [0, 0.1) is 0 Å². The highest BCUT2D eigenvalue weighted by Crippen LogP contribution is 2.29. The first kappa shape index (κ1) is 19.9. The molecule has 0 radical (unpaired) electrons. The van der Waals surface area contributed by atoms with Gasteiger partial charge in [0.15, 0.2) is 6.10 Å². The van der Waals surface area contributed by atoms with Crippen molar-refractivity contribution in [2.75, 3.05) is 5.32 Å². The van der Waals surface area contributed by atoms with Gasteiger partial charge in [-0.25, -0.2) is 9.78 Å². The Hall–Kier alpha value is -2.45. The van der Waals surface area contributed by atoms with Gasteiger partial charge in [0, 0.05) is 11.9 Å². The average Bonchev–Trinajstić information content (AvgIpc) is 2.57. The molecular weight excluding hydrogens is 393 g/mol. The number of anilines is 1. The van der Waals surface area contributed by atoms with Crippen molar-refractivity contribution in [2.45, 2.75) is 19.6 Å². The predicted molar refractivity (Wildman–Crippen MR) is 90.8 cm³/mol. The molecule has 1 amide bonds. The highest BCUT2D eigenvalue weighted by molar-refractivity contribution is 6.32. The predicted octanol–water partition coefficient (Wildman–Crippen LogP) is 4.17. The van der Waals surface area contributed by atoms with Crippen LogP contribution in [-0.2, 0) is 9.53 Å². The maximum atomic E-state index is 12.2. The summed E-state index contributed by atoms with van der Waals surface area (Å²) >= 11 is 11.6. The van der Waals surface area contributed by atoms with E-state index in [2.05, 4.69) is 15.0 Å². The number of ether oxygens (including phenoxy) is 2. The molecule has 1 aromatic heterocycles. The fourth-order valence-electron chi connectivity index (χ4n) is 1.83. The Kier molecular flexibility index (Phi) is 6.70. The van der Waals surface area contributed by atoms with Crippen molar-refractivity contribution in [3.63, 3.8) is 0 Å². The minimum absolute atomic E-state index is 0.0189. The van der Waals surface area contributed by atoms with Gasteiger partial charge in [-0.15, -0.1) is 0 Å². The first-order chi connectivity index (χ1) is 12.3. The summed E-state index contributed by atoms with van der Waals surface area (Å²) in [4.78, 5) is 27.8. The molecule has 6 nitrogen and oxygen atoms in total. The third-order valence-electron chi connectivity index (χ3n) is 3.05. The quantitative estimate of drug-likeness (QED) is 0.577. The van der Waals surface area contributed by atoms with E-state index in [1.165, 1.54) is 43.5 Å². The number of amides is 1. The van der Waals surface area contributed by atoms with Crippen molar-refractivity contribution >= 4 is 40.8 Å². The number of pyridine rings is 1. The van der Waals surface area contributed by atoms with E-state index in [0.29, 0.717) is 0 Å². The maximum Gasteiger partial charge on any atom is 0.387 e. The molecule has 26 heavy (non-hydrogen) atoms. The number of carbonyl (C=O) groups excluding carboxylic acids is 2. The number of esters is 1. The van der Waals surface area contributed by atoms with Crippen LogP contribution in [0.2, 0.25) is 10.2 Å². The van der Waals surface area contributed by atoms with Gasteiger partial charge in [-0.1, -0.05) is 23.2 Å². The van der Waals surface area contributed by atoms with Crippen LogP contribution in [0.15, 0.2) is 36.5 Å². The second kappa shape index (κ2) is 8.77. The van der Waals surface area contributed by atoms with Crippen LogP contribution in [0.25, 0.3) is 0 Å². The monoisotopic (exact) mass is 404 g/mol. The zero-order chi connectivity index (χ0) is 19.3. The van der Waals surface area contributed by atoms with E-state index in [9.17, 15) is 18.4 Å². The molecule has 10 heteroatoms. The normalized spacial score (nSPS) is 11.8. The number of halogens is 4. The zero-order valence-corrected chi connectivity index (χ0v) is 14.7. The molecule has 1 heterocycles. The zero-order valence-electron chi connectivity index (χ0n) is 13.2. The summed E-state index contributed by atoms with van der Waals surface area (Å²) in [5, 5.41) is 2.28. The number of hydrogen-bond donors (Lipinski definition) is 1. The van der Waals surface area contributed by atoms with Gasteiger partial charge in [0.05, 0.1) is 10.6 Å². The third-order valence-corrected chi connectivity index (χ3v) is 3.64. The summed E-state index contributed by atoms with van der Waals surface area (Å²) in [6, 6.07) is 6.62. The van der Waals surface area contributed by atoms with Crippen LogP contribution in [0.3, 0.4) is 0 Å². The highest BCUT2D eigenvalue weighted by Gasteiger charge is 2.21. The Morgan fingerprint density at radius 2 is 1.96 bits per heavy atom. The average molecular weight is 405 g/mol. The molecular formula is C16H12Cl2F2N2O4. The number of carbonyl (C=O) groups is 2. The minimum Gasteiger partial charge on any atom is -0.449 e. The molecule has 2 aromatic rings. The summed E-state index contributed by atoms with van der Waals surface area (Å²) in [5.41, 5.74) is 0.231. The van der Waals surface area contributed by atoms with Crippen molar-refractivity contribution in [2.24, 2.45) is 0 Å². The van der Waals surface area contributed by atoms with Gasteiger partial charge in [-0.2, -0.15) is 8.78 Å². The number of alkyl halides is 2. The highest BCUT2D eigenvalue weighted by atomic mass is 35.5. The molecule has 0 saturated heterocycles. The van der Waals surface area contributed by atoms with Crippen molar-refractivity contribution in [1.82, 2.24) is 4.98 Å². The Morgan fingerprint density at radius 3 is 2.58 bits per heavy atom. The Balaban J connectivity index is 2.00. The van der Waals surface area contributed by atoms with Gasteiger partial charge >= 0.3 is 12.6 Å². The van der Waals surface area contributed by atoms with Crippen molar-refractivity contribution in [3.8, 4) is 5.75 Å². The van der Waals surface area contributed by atoms with E-state index in [-0.39, 0.29) is 27.2 Å². The standard InChI is InChI=1S/C16H12Cl2F2N2O4/c1-8(25-15(24)10-3-2-6-21-13(10)18)14(23)22-9-4-5-12(11(17)7-9)26-16(19)20/h2-8,16H,1H3,(H,22,23). The molecule has 0 fully saturated rings. The number of benzene rings is 1. The lowest BCUT2D eigenvalue weighted by Crippen LogP contribution is -2.30. The molecule has 1 unspecified atom stereocenters. The molecule has 0 bridgehead atoms. The van der Waals surface area contributed by atoms with Crippen LogP contribution in [0.1, 0.15) is 17.3 Å². The van der Waals surface area contributed by atoms with E-state index in [1.807, 2.05) is 0 Å². The van der Waals surface area contributed by atoms with E-state index < -0.39 is 24.6 Å². The van der Waals surface area contributed by atoms with Crippen LogP contribution in [-0.4, -0.2) is 29.6 Å². The van der Waals surface area contributed by atoms with Gasteiger partial charge < -0.3 is 14.8 Å². The molecule has 2 rings (SSSR count). The molecule has 1 N–H and O–H groups in total. The summed E-state index contributed by atoms with van der Waals surface area (Å²) in [5.74, 6) is -1.70. The smallest absolute Gasteiger partial charge is 0.387 e. The Morgan fingerprint density at radius 1 is 1.23 bits per heavy atom. The number of aromatic nitrogens is 1. The number of hydrogen-bond acceptors (Lipinski definition) is 5. The third kappa shape index (κ3) is 5.27. The largest absolute Gasteiger partial charge is 0.449 e. The van der Waals surface area contributed by atoms with Gasteiger partial charge in [-0.05, 0) is 37.3 Å². The lowest BCUT2D eigenvalue weighted by Gasteiger charge is -2.14. The summed E-state index contributed by atoms with van der Waals surface area (Å²) in [6.07, 6.45) is 0.245. The minimum atomic E-state index is -3.02. The maximum absolute atomic E-state index is 12.2. The van der Waals surface area contributed by atoms with Crippen LogP contribution >= 0.6 is 23.2 Å². The fourth-order valence-corrected chi connectivity index (χ4v) is 2.25. The van der Waals surface area contributed by atoms with Gasteiger partial charge in [0.2, 0.25) is 0 Å². The first-order valence-corrected chi connectivity index (χ1v) is 7.90. The fraction of sp³-hybridized carbons (Fsp3) is 0.188. The molecule has 0 aliphatic rings. The van der Waals surface area contributed by atoms with Gasteiger partial charge in [0.1, 0.15) is 10.9 Å². The topological polar surface area (TPSA) is 77.5 Å². The first-order valence-electron chi connectivity index (χ1n) is 7.14. The van der Waals surface area contributed by atoms with E-state index >= 15 is 0 Å². The molecule has 1 atom stereocenters. The molecule has 0 aliphatic carbocycles.